The van der Waals surface area contributed by atoms with Crippen molar-refractivity contribution in [3.05, 3.63) is 48.2 Å². The molecule has 0 heterocycles. The van der Waals surface area contributed by atoms with Crippen LogP contribution in [0.1, 0.15) is 26.2 Å². The van der Waals surface area contributed by atoms with E-state index in [1.165, 1.54) is 18.9 Å². The zero-order valence-corrected chi connectivity index (χ0v) is 8.93. The third-order valence-electron chi connectivity index (χ3n) is 1.72. The van der Waals surface area contributed by atoms with E-state index >= 15 is 0 Å². The van der Waals surface area contributed by atoms with Crippen LogP contribution in [0.15, 0.2) is 48.2 Å². The fourth-order valence-electron chi connectivity index (χ4n) is 0.859. The third kappa shape index (κ3) is 7.43. The molecule has 0 aromatic carbocycles. The quantitative estimate of drug-likeness (QED) is 0.356. The van der Waals surface area contributed by atoms with Gasteiger partial charge in [0.2, 0.25) is 0 Å². The van der Waals surface area contributed by atoms with Crippen molar-refractivity contribution in [1.29, 1.82) is 0 Å². The molecule has 0 unspecified atom stereocenters. The van der Waals surface area contributed by atoms with E-state index in [1.807, 2.05) is 12.2 Å². The van der Waals surface area contributed by atoms with Crippen LogP contribution in [0.25, 0.3) is 0 Å². The summed E-state index contributed by atoms with van der Waals surface area (Å²) < 4.78 is 0. The maximum atomic E-state index is 9.07. The third-order valence-corrected chi connectivity index (χ3v) is 1.72. The van der Waals surface area contributed by atoms with Crippen LogP contribution in [-0.2, 0) is 0 Å². The van der Waals surface area contributed by atoms with Gasteiger partial charge in [-0.05, 0) is 12.5 Å². The molecule has 0 aromatic rings. The number of aliphatic hydroxyl groups is 3. The molecule has 0 spiro atoms. The van der Waals surface area contributed by atoms with Crippen LogP contribution < -0.4 is 0 Å². The van der Waals surface area contributed by atoms with Crippen LogP contribution >= 0.6 is 0 Å². The SMILES string of the molecule is CCCCC=CC=CC=C(O)C(O)=CO. The topological polar surface area (TPSA) is 60.7 Å². The average Bonchev–Trinajstić information content (AvgIpc) is 2.26. The van der Waals surface area contributed by atoms with Gasteiger partial charge < -0.3 is 15.3 Å². The Kier molecular flexibility index (Phi) is 7.96. The number of aliphatic hydroxyl groups excluding tert-OH is 3. The fraction of sp³-hybridized carbons (Fsp3) is 0.333. The van der Waals surface area contributed by atoms with Crippen molar-refractivity contribution in [2.45, 2.75) is 26.2 Å². The van der Waals surface area contributed by atoms with E-state index in [0.717, 1.165) is 6.42 Å². The van der Waals surface area contributed by atoms with Crippen molar-refractivity contribution in [2.75, 3.05) is 0 Å². The summed E-state index contributed by atoms with van der Waals surface area (Å²) in [5.41, 5.74) is 0. The molecule has 0 saturated carbocycles. The summed E-state index contributed by atoms with van der Waals surface area (Å²) in [7, 11) is 0. The van der Waals surface area contributed by atoms with E-state index in [2.05, 4.69) is 6.92 Å². The zero-order valence-electron chi connectivity index (χ0n) is 8.93. The summed E-state index contributed by atoms with van der Waals surface area (Å²) in [4.78, 5) is 0. The smallest absolute Gasteiger partial charge is 0.192 e. The average molecular weight is 210 g/mol. The van der Waals surface area contributed by atoms with Crippen LogP contribution in [0.4, 0.5) is 0 Å². The van der Waals surface area contributed by atoms with Crippen molar-refractivity contribution >= 4 is 0 Å². The van der Waals surface area contributed by atoms with Crippen molar-refractivity contribution < 1.29 is 15.3 Å². The molecule has 3 heteroatoms. The van der Waals surface area contributed by atoms with Gasteiger partial charge in [-0.15, -0.1) is 0 Å². The Labute approximate surface area is 90.4 Å². The molecule has 0 aliphatic carbocycles. The first kappa shape index (κ1) is 13.4. The van der Waals surface area contributed by atoms with E-state index in [1.54, 1.807) is 12.2 Å². The lowest BCUT2D eigenvalue weighted by Crippen LogP contribution is -1.85. The van der Waals surface area contributed by atoms with Gasteiger partial charge in [0.25, 0.3) is 0 Å². The lowest BCUT2D eigenvalue weighted by atomic mass is 10.2. The summed E-state index contributed by atoms with van der Waals surface area (Å²) in [6, 6.07) is 0. The Morgan fingerprint density at radius 3 is 2.40 bits per heavy atom. The molecular weight excluding hydrogens is 192 g/mol. The lowest BCUT2D eigenvalue weighted by Gasteiger charge is -1.92. The fourth-order valence-corrected chi connectivity index (χ4v) is 0.859. The molecule has 0 rings (SSSR count). The first-order valence-corrected chi connectivity index (χ1v) is 4.98. The van der Waals surface area contributed by atoms with Crippen molar-refractivity contribution in [3.63, 3.8) is 0 Å². The molecule has 0 fully saturated rings. The van der Waals surface area contributed by atoms with Crippen LogP contribution in [0.2, 0.25) is 0 Å². The first-order valence-electron chi connectivity index (χ1n) is 4.98. The number of unbranched alkanes of at least 4 members (excludes halogenated alkanes) is 2. The van der Waals surface area contributed by atoms with Gasteiger partial charge in [-0.1, -0.05) is 44.1 Å². The Morgan fingerprint density at radius 2 is 1.80 bits per heavy atom. The number of allylic oxidation sites excluding steroid dienone is 5. The van der Waals surface area contributed by atoms with Gasteiger partial charge in [0, 0.05) is 0 Å². The standard InChI is InChI=1S/C12H18O3/c1-2-3-4-5-6-7-8-9-11(14)12(15)10-13/h5-10,13-15H,2-4H2,1H3. The molecule has 0 bridgehead atoms. The molecule has 3 nitrogen and oxygen atoms in total. The van der Waals surface area contributed by atoms with E-state index in [0.29, 0.717) is 6.26 Å². The van der Waals surface area contributed by atoms with Gasteiger partial charge in [0.1, 0.15) is 6.26 Å². The van der Waals surface area contributed by atoms with Gasteiger partial charge in [0.05, 0.1) is 0 Å². The van der Waals surface area contributed by atoms with Crippen molar-refractivity contribution in [3.8, 4) is 0 Å². The first-order chi connectivity index (χ1) is 7.22. The molecule has 0 aromatic heterocycles. The highest BCUT2D eigenvalue weighted by Crippen LogP contribution is 2.01. The van der Waals surface area contributed by atoms with Crippen molar-refractivity contribution in [1.82, 2.24) is 0 Å². The van der Waals surface area contributed by atoms with Gasteiger partial charge in [-0.2, -0.15) is 0 Å². The molecule has 0 atom stereocenters. The predicted molar refractivity (Wildman–Crippen MR) is 61.9 cm³/mol. The monoisotopic (exact) mass is 210 g/mol. The number of rotatable bonds is 6. The molecule has 0 aliphatic heterocycles. The summed E-state index contributed by atoms with van der Waals surface area (Å²) in [6.07, 6.45) is 12.4. The predicted octanol–water partition coefficient (Wildman–Crippen LogP) is 3.69. The highest BCUT2D eigenvalue weighted by molar-refractivity contribution is 5.22. The van der Waals surface area contributed by atoms with E-state index in [9.17, 15) is 0 Å². The molecule has 3 N–H and O–H groups in total. The Balaban J connectivity index is 3.93. The molecule has 0 saturated heterocycles. The maximum Gasteiger partial charge on any atom is 0.192 e. The van der Waals surface area contributed by atoms with Gasteiger partial charge >= 0.3 is 0 Å². The van der Waals surface area contributed by atoms with Gasteiger partial charge in [-0.3, -0.25) is 0 Å². The molecule has 0 radical (unpaired) electrons. The highest BCUT2D eigenvalue weighted by Gasteiger charge is 1.95. The van der Waals surface area contributed by atoms with E-state index in [-0.39, 0.29) is 5.76 Å². The van der Waals surface area contributed by atoms with Crippen LogP contribution in [0.3, 0.4) is 0 Å². The second kappa shape index (κ2) is 8.94. The second-order valence-electron chi connectivity index (χ2n) is 3.02. The maximum absolute atomic E-state index is 9.07. The molecule has 0 aliphatic rings. The van der Waals surface area contributed by atoms with Crippen LogP contribution in [0, 0.1) is 0 Å². The Hall–Kier alpha value is -1.64. The molecular formula is C12H18O3. The minimum Gasteiger partial charge on any atom is -0.512 e. The summed E-state index contributed by atoms with van der Waals surface area (Å²) in [5, 5.41) is 26.3. The number of hydrogen-bond acceptors (Lipinski definition) is 3. The van der Waals surface area contributed by atoms with Gasteiger partial charge in [-0.25, -0.2) is 0 Å². The molecule has 0 amide bonds. The van der Waals surface area contributed by atoms with Crippen LogP contribution in [0.5, 0.6) is 0 Å². The summed E-state index contributed by atoms with van der Waals surface area (Å²) in [6.45, 7) is 2.13. The lowest BCUT2D eigenvalue weighted by molar-refractivity contribution is 0.304. The molecule has 84 valence electrons. The number of hydrogen-bond donors (Lipinski definition) is 3. The summed E-state index contributed by atoms with van der Waals surface area (Å²) >= 11 is 0. The Bertz CT molecular complexity index is 273. The van der Waals surface area contributed by atoms with E-state index in [4.69, 9.17) is 15.3 Å². The second-order valence-corrected chi connectivity index (χ2v) is 3.02. The van der Waals surface area contributed by atoms with Gasteiger partial charge in [0.15, 0.2) is 11.5 Å². The largest absolute Gasteiger partial charge is 0.512 e. The minimum absolute atomic E-state index is 0.365. The minimum atomic E-state index is -0.547. The Morgan fingerprint density at radius 1 is 1.07 bits per heavy atom. The highest BCUT2D eigenvalue weighted by atomic mass is 16.3. The van der Waals surface area contributed by atoms with E-state index < -0.39 is 5.76 Å². The normalized spacial score (nSPS) is 14.2. The van der Waals surface area contributed by atoms with Crippen molar-refractivity contribution in [2.24, 2.45) is 0 Å². The molecule has 15 heavy (non-hydrogen) atoms. The summed E-state index contributed by atoms with van der Waals surface area (Å²) in [5.74, 6) is -0.912. The zero-order chi connectivity index (χ0) is 11.5. The van der Waals surface area contributed by atoms with Crippen LogP contribution in [-0.4, -0.2) is 15.3 Å².